The average Bonchev–Trinajstić information content (AvgIpc) is 2.82. The van der Waals surface area contributed by atoms with Gasteiger partial charge in [-0.05, 0) is 36.3 Å². The molecule has 2 heterocycles. The van der Waals surface area contributed by atoms with Gasteiger partial charge in [-0.1, -0.05) is 15.9 Å². The summed E-state index contributed by atoms with van der Waals surface area (Å²) in [6, 6.07) is 5.95. The lowest BCUT2D eigenvalue weighted by Gasteiger charge is -2.19. The van der Waals surface area contributed by atoms with Gasteiger partial charge in [0.05, 0.1) is 5.75 Å². The van der Waals surface area contributed by atoms with Crippen molar-refractivity contribution in [2.24, 2.45) is 0 Å². The monoisotopic (exact) mass is 386 g/mol. The van der Waals surface area contributed by atoms with Crippen molar-refractivity contribution >= 4 is 32.0 Å². The highest BCUT2D eigenvalue weighted by atomic mass is 79.9. The van der Waals surface area contributed by atoms with E-state index in [0.29, 0.717) is 32.8 Å². The maximum atomic E-state index is 11.7. The van der Waals surface area contributed by atoms with E-state index in [-0.39, 0.29) is 5.75 Å². The lowest BCUT2D eigenvalue weighted by Crippen LogP contribution is -2.34. The Morgan fingerprint density at radius 3 is 3.00 bits per heavy atom. The summed E-state index contributed by atoms with van der Waals surface area (Å²) in [5.74, 6) is 1.19. The van der Waals surface area contributed by atoms with Crippen molar-refractivity contribution in [2.45, 2.75) is 6.42 Å². The van der Waals surface area contributed by atoms with Crippen molar-refractivity contribution in [1.82, 2.24) is 9.62 Å². The average molecular weight is 387 g/mol. The molecule has 2 aliphatic heterocycles. The largest absolute Gasteiger partial charge is 0.489 e. The van der Waals surface area contributed by atoms with Crippen LogP contribution in [0.2, 0.25) is 0 Å². The van der Waals surface area contributed by atoms with Gasteiger partial charge in [0.25, 0.3) is 0 Å². The summed E-state index contributed by atoms with van der Waals surface area (Å²) in [7, 11) is -2.99. The number of rotatable bonds is 5. The maximum absolute atomic E-state index is 11.7. The number of hydrogen-bond acceptors (Lipinski definition) is 4. The zero-order valence-corrected chi connectivity index (χ0v) is 14.6. The Morgan fingerprint density at radius 2 is 2.23 bits per heavy atom. The molecule has 0 spiro atoms. The molecule has 1 N–H and O–H groups in total. The number of nitrogens with one attached hydrogen (secondary N) is 1. The van der Waals surface area contributed by atoms with Gasteiger partial charge in [-0.25, -0.2) is 12.7 Å². The fraction of sp³-hybridized carbons (Fsp3) is 0.467. The van der Waals surface area contributed by atoms with Gasteiger partial charge in [-0.15, -0.1) is 0 Å². The van der Waals surface area contributed by atoms with Crippen LogP contribution in [0.25, 0.3) is 6.08 Å². The summed E-state index contributed by atoms with van der Waals surface area (Å²) in [6.45, 7) is 3.13. The van der Waals surface area contributed by atoms with E-state index < -0.39 is 10.0 Å². The second kappa shape index (κ2) is 6.70. The van der Waals surface area contributed by atoms with Crippen LogP contribution in [0.5, 0.6) is 5.75 Å². The van der Waals surface area contributed by atoms with Crippen molar-refractivity contribution in [3.63, 3.8) is 0 Å². The predicted molar refractivity (Wildman–Crippen MR) is 90.5 cm³/mol. The molecule has 0 bridgehead atoms. The topological polar surface area (TPSA) is 58.6 Å². The van der Waals surface area contributed by atoms with E-state index in [1.54, 1.807) is 4.31 Å². The van der Waals surface area contributed by atoms with Crippen LogP contribution in [0.4, 0.5) is 0 Å². The molecule has 7 heteroatoms. The Kier molecular flexibility index (Phi) is 4.87. The third-order valence-electron chi connectivity index (χ3n) is 3.84. The highest BCUT2D eigenvalue weighted by molar-refractivity contribution is 9.10. The van der Waals surface area contributed by atoms with Crippen LogP contribution in [-0.4, -0.2) is 51.3 Å². The van der Waals surface area contributed by atoms with E-state index in [1.165, 1.54) is 0 Å². The Hall–Kier alpha value is -0.890. The van der Waals surface area contributed by atoms with Gasteiger partial charge in [0, 0.05) is 36.2 Å². The molecule has 1 fully saturated rings. The molecular weight excluding hydrogens is 368 g/mol. The normalized spacial score (nSPS) is 20.3. The lowest BCUT2D eigenvalue weighted by molar-refractivity contribution is 0.342. The van der Waals surface area contributed by atoms with Crippen LogP contribution in [0.1, 0.15) is 12.0 Å². The Morgan fingerprint density at radius 1 is 1.36 bits per heavy atom. The first kappa shape index (κ1) is 16.0. The SMILES string of the molecule is O=S1(=O)CCCN1CCNCC1=Cc2cc(Br)ccc2OC1. The van der Waals surface area contributed by atoms with Crippen molar-refractivity contribution < 1.29 is 13.2 Å². The summed E-state index contributed by atoms with van der Waals surface area (Å²) in [5.41, 5.74) is 2.23. The number of nitrogens with zero attached hydrogens (tertiary/aromatic N) is 1. The van der Waals surface area contributed by atoms with Gasteiger partial charge in [-0.2, -0.15) is 0 Å². The van der Waals surface area contributed by atoms with E-state index in [1.807, 2.05) is 18.2 Å². The molecule has 1 aromatic carbocycles. The number of hydrogen-bond donors (Lipinski definition) is 1. The fourth-order valence-corrected chi connectivity index (χ4v) is 4.60. The molecule has 0 aliphatic carbocycles. The fourth-order valence-electron chi connectivity index (χ4n) is 2.69. The number of ether oxygens (including phenoxy) is 1. The zero-order chi connectivity index (χ0) is 15.6. The molecule has 0 saturated carbocycles. The zero-order valence-electron chi connectivity index (χ0n) is 12.2. The van der Waals surface area contributed by atoms with Crippen molar-refractivity contribution in [3.05, 3.63) is 33.8 Å². The van der Waals surface area contributed by atoms with Gasteiger partial charge in [0.2, 0.25) is 10.0 Å². The van der Waals surface area contributed by atoms with Crippen molar-refractivity contribution in [2.75, 3.05) is 38.5 Å². The van der Waals surface area contributed by atoms with Gasteiger partial charge in [0.1, 0.15) is 12.4 Å². The Labute approximate surface area is 139 Å². The van der Waals surface area contributed by atoms with Gasteiger partial charge in [0.15, 0.2) is 0 Å². The molecule has 3 rings (SSSR count). The van der Waals surface area contributed by atoms with E-state index in [0.717, 1.165) is 27.8 Å². The molecule has 0 aromatic heterocycles. The third kappa shape index (κ3) is 3.71. The number of fused-ring (bicyclic) bond motifs is 1. The predicted octanol–water partition coefficient (Wildman–Crippen LogP) is 1.85. The minimum Gasteiger partial charge on any atom is -0.489 e. The number of halogens is 1. The van der Waals surface area contributed by atoms with Gasteiger partial charge < -0.3 is 10.1 Å². The van der Waals surface area contributed by atoms with Gasteiger partial charge in [-0.3, -0.25) is 0 Å². The molecule has 5 nitrogen and oxygen atoms in total. The van der Waals surface area contributed by atoms with Crippen LogP contribution in [0.3, 0.4) is 0 Å². The highest BCUT2D eigenvalue weighted by Gasteiger charge is 2.27. The van der Waals surface area contributed by atoms with Crippen LogP contribution in [0, 0.1) is 0 Å². The first-order valence-corrected chi connectivity index (χ1v) is 9.75. The van der Waals surface area contributed by atoms with Crippen molar-refractivity contribution in [1.29, 1.82) is 0 Å². The standard InChI is InChI=1S/C15H19BrN2O3S/c16-14-2-3-15-13(9-14)8-12(11-21-15)10-17-4-6-18-5-1-7-22(18,19)20/h2-3,8-9,17H,1,4-7,10-11H2. The van der Waals surface area contributed by atoms with E-state index in [2.05, 4.69) is 27.3 Å². The number of benzene rings is 1. The second-order valence-electron chi connectivity index (χ2n) is 5.52. The molecular formula is C15H19BrN2O3S. The second-order valence-corrected chi connectivity index (χ2v) is 8.52. The van der Waals surface area contributed by atoms with E-state index in [4.69, 9.17) is 4.74 Å². The number of sulfonamides is 1. The first-order valence-electron chi connectivity index (χ1n) is 7.35. The molecule has 0 radical (unpaired) electrons. The summed E-state index contributed by atoms with van der Waals surface area (Å²) >= 11 is 3.46. The minimum absolute atomic E-state index is 0.289. The third-order valence-corrected chi connectivity index (χ3v) is 6.29. The van der Waals surface area contributed by atoms with Crippen LogP contribution >= 0.6 is 15.9 Å². The molecule has 22 heavy (non-hydrogen) atoms. The molecule has 0 atom stereocenters. The van der Waals surface area contributed by atoms with Crippen LogP contribution in [-0.2, 0) is 10.0 Å². The highest BCUT2D eigenvalue weighted by Crippen LogP contribution is 2.28. The summed E-state index contributed by atoms with van der Waals surface area (Å²) in [6.07, 6.45) is 2.87. The van der Waals surface area contributed by atoms with Crippen molar-refractivity contribution in [3.8, 4) is 5.75 Å². The Balaban J connectivity index is 1.50. The molecule has 1 aromatic rings. The van der Waals surface area contributed by atoms with E-state index >= 15 is 0 Å². The minimum atomic E-state index is -2.99. The summed E-state index contributed by atoms with van der Waals surface area (Å²) in [5, 5.41) is 3.30. The smallest absolute Gasteiger partial charge is 0.214 e. The van der Waals surface area contributed by atoms with Gasteiger partial charge >= 0.3 is 0 Å². The van der Waals surface area contributed by atoms with E-state index in [9.17, 15) is 8.42 Å². The summed E-state index contributed by atoms with van der Waals surface area (Å²) in [4.78, 5) is 0. The van der Waals surface area contributed by atoms with Crippen LogP contribution < -0.4 is 10.1 Å². The van der Waals surface area contributed by atoms with Crippen LogP contribution in [0.15, 0.2) is 28.2 Å². The molecule has 0 amide bonds. The summed E-state index contributed by atoms with van der Waals surface area (Å²) < 4.78 is 31.7. The molecule has 120 valence electrons. The molecule has 0 unspecified atom stereocenters. The Bertz CT molecular complexity index is 688. The first-order chi connectivity index (χ1) is 10.5. The quantitative estimate of drug-likeness (QED) is 0.784. The molecule has 2 aliphatic rings. The lowest BCUT2D eigenvalue weighted by atomic mass is 10.1. The molecule has 1 saturated heterocycles. The maximum Gasteiger partial charge on any atom is 0.214 e.